The van der Waals surface area contributed by atoms with Gasteiger partial charge in [0, 0.05) is 13.5 Å². The Balaban J connectivity index is 2.93. The van der Waals surface area contributed by atoms with Crippen LogP contribution >= 0.6 is 0 Å². The van der Waals surface area contributed by atoms with Gasteiger partial charge in [0.1, 0.15) is 5.75 Å². The second-order valence-electron chi connectivity index (χ2n) is 5.96. The monoisotopic (exact) mass is 315 g/mol. The van der Waals surface area contributed by atoms with E-state index < -0.39 is 10.0 Å². The van der Waals surface area contributed by atoms with Gasteiger partial charge in [0.05, 0.1) is 17.1 Å². The summed E-state index contributed by atoms with van der Waals surface area (Å²) in [4.78, 5) is 0.107. The molecule has 0 saturated heterocycles. The van der Waals surface area contributed by atoms with E-state index in [2.05, 4.69) is 0 Å². The molecule has 0 aliphatic rings. The Morgan fingerprint density at radius 1 is 1.29 bits per heavy atom. The first-order valence-corrected chi connectivity index (χ1v) is 8.46. The standard InChI is InChI=1S/C15H25NO4S/c1-11(2)13-10-12(21(16,17)18)6-7-14(13)20-9-8-15(3,4)19-5/h6-7,10-11H,8-9H2,1-5H3,(H2,16,17,18). The number of rotatable bonds is 7. The van der Waals surface area contributed by atoms with Crippen LogP contribution in [0, 0.1) is 0 Å². The summed E-state index contributed by atoms with van der Waals surface area (Å²) in [6.07, 6.45) is 0.734. The molecule has 0 saturated carbocycles. The predicted molar refractivity (Wildman–Crippen MR) is 83.1 cm³/mol. The van der Waals surface area contributed by atoms with Gasteiger partial charge in [-0.1, -0.05) is 13.8 Å². The lowest BCUT2D eigenvalue weighted by Gasteiger charge is -2.23. The van der Waals surface area contributed by atoms with E-state index in [0.717, 1.165) is 12.0 Å². The summed E-state index contributed by atoms with van der Waals surface area (Å²) in [6, 6.07) is 4.71. The highest BCUT2D eigenvalue weighted by atomic mass is 32.2. The third-order valence-corrected chi connectivity index (χ3v) is 4.36. The van der Waals surface area contributed by atoms with Crippen molar-refractivity contribution in [3.63, 3.8) is 0 Å². The molecular formula is C15H25NO4S. The fourth-order valence-electron chi connectivity index (χ4n) is 1.79. The van der Waals surface area contributed by atoms with Crippen LogP contribution < -0.4 is 9.88 Å². The van der Waals surface area contributed by atoms with Gasteiger partial charge in [-0.25, -0.2) is 13.6 Å². The molecule has 0 aliphatic heterocycles. The smallest absolute Gasteiger partial charge is 0.238 e. The van der Waals surface area contributed by atoms with E-state index in [1.165, 1.54) is 6.07 Å². The van der Waals surface area contributed by atoms with Gasteiger partial charge >= 0.3 is 0 Å². The molecule has 0 aliphatic carbocycles. The Labute approximate surface area is 127 Å². The topological polar surface area (TPSA) is 78.6 Å². The summed E-state index contributed by atoms with van der Waals surface area (Å²) in [6.45, 7) is 8.44. The maximum Gasteiger partial charge on any atom is 0.238 e. The lowest BCUT2D eigenvalue weighted by atomic mass is 10.0. The molecular weight excluding hydrogens is 290 g/mol. The summed E-state index contributed by atoms with van der Waals surface area (Å²) in [5.74, 6) is 0.821. The molecule has 0 bridgehead atoms. The van der Waals surface area contributed by atoms with E-state index in [9.17, 15) is 8.42 Å². The van der Waals surface area contributed by atoms with Gasteiger partial charge in [-0.05, 0) is 43.5 Å². The summed E-state index contributed by atoms with van der Waals surface area (Å²) < 4.78 is 34.0. The van der Waals surface area contributed by atoms with Crippen molar-refractivity contribution in [2.24, 2.45) is 5.14 Å². The van der Waals surface area contributed by atoms with Crippen LogP contribution in [0.25, 0.3) is 0 Å². The van der Waals surface area contributed by atoms with Gasteiger partial charge in [0.2, 0.25) is 10.0 Å². The number of hydrogen-bond donors (Lipinski definition) is 1. The highest BCUT2D eigenvalue weighted by molar-refractivity contribution is 7.89. The summed E-state index contributed by atoms with van der Waals surface area (Å²) in [5.41, 5.74) is 0.579. The summed E-state index contributed by atoms with van der Waals surface area (Å²) in [7, 11) is -2.03. The zero-order chi connectivity index (χ0) is 16.3. The molecule has 120 valence electrons. The Bertz CT molecular complexity index is 579. The molecule has 0 spiro atoms. The summed E-state index contributed by atoms with van der Waals surface area (Å²) >= 11 is 0. The first-order chi connectivity index (χ1) is 9.57. The highest BCUT2D eigenvalue weighted by Gasteiger charge is 2.18. The number of benzene rings is 1. The molecule has 0 unspecified atom stereocenters. The van der Waals surface area contributed by atoms with E-state index in [1.54, 1.807) is 19.2 Å². The van der Waals surface area contributed by atoms with E-state index in [1.807, 2.05) is 27.7 Å². The third kappa shape index (κ3) is 5.30. The first-order valence-electron chi connectivity index (χ1n) is 6.91. The Kier molecular flexibility index (Phi) is 5.78. The van der Waals surface area contributed by atoms with Crippen LogP contribution in [0.1, 0.15) is 45.6 Å². The third-order valence-electron chi connectivity index (χ3n) is 3.45. The SMILES string of the molecule is COC(C)(C)CCOc1ccc(S(N)(=O)=O)cc1C(C)C. The molecule has 1 aromatic rings. The van der Waals surface area contributed by atoms with Crippen LogP contribution in [-0.2, 0) is 14.8 Å². The molecule has 0 radical (unpaired) electrons. The fraction of sp³-hybridized carbons (Fsp3) is 0.600. The minimum Gasteiger partial charge on any atom is -0.493 e. The summed E-state index contributed by atoms with van der Waals surface area (Å²) in [5, 5.41) is 5.17. The van der Waals surface area contributed by atoms with Crippen molar-refractivity contribution in [3.8, 4) is 5.75 Å². The number of methoxy groups -OCH3 is 1. The second kappa shape index (κ2) is 6.77. The molecule has 1 rings (SSSR count). The average Bonchev–Trinajstić information content (AvgIpc) is 2.37. The highest BCUT2D eigenvalue weighted by Crippen LogP contribution is 2.29. The molecule has 0 fully saturated rings. The van der Waals surface area contributed by atoms with Crippen LogP contribution in [0.3, 0.4) is 0 Å². The van der Waals surface area contributed by atoms with Crippen LogP contribution in [0.15, 0.2) is 23.1 Å². The predicted octanol–water partition coefficient (Wildman–Crippen LogP) is 2.65. The lowest BCUT2D eigenvalue weighted by molar-refractivity contribution is 0.00536. The van der Waals surface area contributed by atoms with Gasteiger partial charge in [-0.15, -0.1) is 0 Å². The van der Waals surface area contributed by atoms with Crippen molar-refractivity contribution in [2.75, 3.05) is 13.7 Å². The quantitative estimate of drug-likeness (QED) is 0.839. The minimum absolute atomic E-state index is 0.107. The molecule has 1 aromatic carbocycles. The van der Waals surface area contributed by atoms with Crippen molar-refractivity contribution in [2.45, 2.75) is 50.5 Å². The van der Waals surface area contributed by atoms with Gasteiger partial charge in [-0.3, -0.25) is 0 Å². The average molecular weight is 315 g/mol. The van der Waals surface area contributed by atoms with Crippen molar-refractivity contribution in [3.05, 3.63) is 23.8 Å². The molecule has 0 aromatic heterocycles. The van der Waals surface area contributed by atoms with E-state index in [4.69, 9.17) is 14.6 Å². The second-order valence-corrected chi connectivity index (χ2v) is 7.52. The number of sulfonamides is 1. The van der Waals surface area contributed by atoms with E-state index >= 15 is 0 Å². The van der Waals surface area contributed by atoms with Gasteiger partial charge in [-0.2, -0.15) is 0 Å². The first kappa shape index (κ1) is 17.9. The Morgan fingerprint density at radius 3 is 2.38 bits per heavy atom. The largest absolute Gasteiger partial charge is 0.493 e. The maximum absolute atomic E-state index is 11.4. The molecule has 0 atom stereocenters. The molecule has 2 N–H and O–H groups in total. The van der Waals surface area contributed by atoms with Crippen LogP contribution in [0.2, 0.25) is 0 Å². The maximum atomic E-state index is 11.4. The Morgan fingerprint density at radius 2 is 1.90 bits per heavy atom. The van der Waals surface area contributed by atoms with Crippen molar-refractivity contribution in [1.82, 2.24) is 0 Å². The Hall–Kier alpha value is -1.11. The lowest BCUT2D eigenvalue weighted by Crippen LogP contribution is -2.25. The molecule has 0 heterocycles. The molecule has 0 amide bonds. The van der Waals surface area contributed by atoms with Crippen LogP contribution in [-0.4, -0.2) is 27.7 Å². The van der Waals surface area contributed by atoms with E-state index in [-0.39, 0.29) is 16.4 Å². The normalized spacial score (nSPS) is 12.7. The number of ether oxygens (including phenoxy) is 2. The fourth-order valence-corrected chi connectivity index (χ4v) is 2.34. The van der Waals surface area contributed by atoms with Crippen molar-refractivity contribution in [1.29, 1.82) is 0 Å². The zero-order valence-electron chi connectivity index (χ0n) is 13.3. The molecule has 5 nitrogen and oxygen atoms in total. The van der Waals surface area contributed by atoms with Crippen molar-refractivity contribution < 1.29 is 17.9 Å². The van der Waals surface area contributed by atoms with Crippen LogP contribution in [0.4, 0.5) is 0 Å². The van der Waals surface area contributed by atoms with Gasteiger partial charge < -0.3 is 9.47 Å². The van der Waals surface area contributed by atoms with E-state index in [0.29, 0.717) is 12.4 Å². The molecule has 6 heteroatoms. The minimum atomic E-state index is -3.70. The van der Waals surface area contributed by atoms with Crippen molar-refractivity contribution >= 4 is 10.0 Å². The van der Waals surface area contributed by atoms with Crippen LogP contribution in [0.5, 0.6) is 5.75 Å². The number of nitrogens with two attached hydrogens (primary N) is 1. The molecule has 21 heavy (non-hydrogen) atoms. The van der Waals surface area contributed by atoms with Gasteiger partial charge in [0.15, 0.2) is 0 Å². The number of hydrogen-bond acceptors (Lipinski definition) is 4. The number of primary sulfonamides is 1. The van der Waals surface area contributed by atoms with Gasteiger partial charge in [0.25, 0.3) is 0 Å². The zero-order valence-corrected chi connectivity index (χ0v) is 14.2.